The molecule has 0 saturated heterocycles. The van der Waals surface area contributed by atoms with Gasteiger partial charge in [-0.1, -0.05) is 38.2 Å². The summed E-state index contributed by atoms with van der Waals surface area (Å²) in [5.41, 5.74) is 0.406. The molecule has 0 spiro atoms. The number of rotatable bonds is 3. The van der Waals surface area contributed by atoms with Crippen molar-refractivity contribution in [2.24, 2.45) is 11.8 Å². The molecular weight excluding hydrogens is 364 g/mol. The Morgan fingerprint density at radius 2 is 1.18 bits per heavy atom. The molecule has 0 amide bonds. The summed E-state index contributed by atoms with van der Waals surface area (Å²) in [5.74, 6) is -1.81. The monoisotopic (exact) mass is 390 g/mol. The van der Waals surface area contributed by atoms with E-state index >= 15 is 0 Å². The van der Waals surface area contributed by atoms with Crippen LogP contribution >= 0.6 is 0 Å². The molecule has 2 aromatic carbocycles. The average Bonchev–Trinajstić information content (AvgIpc) is 2.71. The normalized spacial score (nSPS) is 23.7. The molecule has 0 N–H and O–H groups in total. The zero-order valence-electron chi connectivity index (χ0n) is 16.0. The molecule has 4 rings (SSSR count). The second kappa shape index (κ2) is 8.26. The zero-order chi connectivity index (χ0) is 19.7. The van der Waals surface area contributed by atoms with Crippen molar-refractivity contribution in [2.75, 3.05) is 0 Å². The van der Waals surface area contributed by atoms with Gasteiger partial charge in [0, 0.05) is 0 Å². The van der Waals surface area contributed by atoms with E-state index in [4.69, 9.17) is 0 Å². The average molecular weight is 390 g/mol. The number of hydrogen-bond donors (Lipinski definition) is 0. The van der Waals surface area contributed by atoms with E-state index in [2.05, 4.69) is 0 Å². The van der Waals surface area contributed by atoms with Crippen LogP contribution in [-0.2, 0) is 0 Å². The van der Waals surface area contributed by atoms with Crippen molar-refractivity contribution in [2.45, 2.75) is 63.7 Å². The van der Waals surface area contributed by atoms with Crippen LogP contribution < -0.4 is 0 Å². The predicted molar refractivity (Wildman–Crippen MR) is 103 cm³/mol. The van der Waals surface area contributed by atoms with Gasteiger partial charge in [0.05, 0.1) is 5.56 Å². The van der Waals surface area contributed by atoms with Gasteiger partial charge in [0.15, 0.2) is 11.6 Å². The first-order valence-electron chi connectivity index (χ1n) is 10.5. The third-order valence-corrected chi connectivity index (χ3v) is 6.83. The summed E-state index contributed by atoms with van der Waals surface area (Å²) in [6, 6.07) is 5.70. The quantitative estimate of drug-likeness (QED) is 0.470. The van der Waals surface area contributed by atoms with Gasteiger partial charge < -0.3 is 0 Å². The SMILES string of the molecule is Fc1ccc(-c2c(F)cc(C3CCC(C4CCCCC4)CC3)cc2F)cc1F. The van der Waals surface area contributed by atoms with E-state index in [9.17, 15) is 17.6 Å². The van der Waals surface area contributed by atoms with Crippen LogP contribution in [0.2, 0.25) is 0 Å². The van der Waals surface area contributed by atoms with Gasteiger partial charge in [0.2, 0.25) is 0 Å². The highest BCUT2D eigenvalue weighted by molar-refractivity contribution is 5.65. The molecule has 0 aromatic heterocycles. The zero-order valence-corrected chi connectivity index (χ0v) is 16.0. The Kier molecular flexibility index (Phi) is 5.75. The van der Waals surface area contributed by atoms with Crippen molar-refractivity contribution in [1.29, 1.82) is 0 Å². The lowest BCUT2D eigenvalue weighted by Crippen LogP contribution is -2.23. The van der Waals surface area contributed by atoms with Crippen molar-refractivity contribution in [3.05, 3.63) is 59.2 Å². The molecule has 28 heavy (non-hydrogen) atoms. The molecular formula is C24H26F4. The molecule has 2 aliphatic rings. The van der Waals surface area contributed by atoms with Crippen molar-refractivity contribution in [1.82, 2.24) is 0 Å². The van der Waals surface area contributed by atoms with Gasteiger partial charge in [-0.15, -0.1) is 0 Å². The van der Waals surface area contributed by atoms with Crippen LogP contribution in [0.5, 0.6) is 0 Å². The minimum absolute atomic E-state index is 0.0152. The van der Waals surface area contributed by atoms with Crippen molar-refractivity contribution in [3.63, 3.8) is 0 Å². The maximum atomic E-state index is 14.7. The minimum atomic E-state index is -1.11. The largest absolute Gasteiger partial charge is 0.206 e. The summed E-state index contributed by atoms with van der Waals surface area (Å²) >= 11 is 0. The Bertz CT molecular complexity index is 807. The summed E-state index contributed by atoms with van der Waals surface area (Å²) in [4.78, 5) is 0. The second-order valence-electron chi connectivity index (χ2n) is 8.50. The fourth-order valence-corrected chi connectivity index (χ4v) is 5.29. The lowest BCUT2D eigenvalue weighted by Gasteiger charge is -2.36. The predicted octanol–water partition coefficient (Wildman–Crippen LogP) is 7.76. The van der Waals surface area contributed by atoms with Crippen molar-refractivity contribution < 1.29 is 17.6 Å². The van der Waals surface area contributed by atoms with Crippen LogP contribution in [0.3, 0.4) is 0 Å². The van der Waals surface area contributed by atoms with Crippen molar-refractivity contribution in [3.8, 4) is 11.1 Å². The summed E-state index contributed by atoms with van der Waals surface area (Å²) < 4.78 is 56.0. The second-order valence-corrected chi connectivity index (χ2v) is 8.50. The molecule has 0 nitrogen and oxygen atoms in total. The molecule has 0 aliphatic heterocycles. The first kappa shape index (κ1) is 19.5. The molecule has 0 heterocycles. The molecule has 150 valence electrons. The van der Waals surface area contributed by atoms with E-state index in [1.807, 2.05) is 0 Å². The van der Waals surface area contributed by atoms with Crippen molar-refractivity contribution >= 4 is 0 Å². The fourth-order valence-electron chi connectivity index (χ4n) is 5.29. The molecule has 0 unspecified atom stereocenters. The lowest BCUT2D eigenvalue weighted by atomic mass is 9.70. The highest BCUT2D eigenvalue weighted by Gasteiger charge is 2.30. The first-order chi connectivity index (χ1) is 13.5. The van der Waals surface area contributed by atoms with Crippen LogP contribution in [0.4, 0.5) is 17.6 Å². The van der Waals surface area contributed by atoms with E-state index in [0.717, 1.165) is 49.7 Å². The molecule has 2 aromatic rings. The summed E-state index contributed by atoms with van der Waals surface area (Å²) in [7, 11) is 0. The molecule has 4 heteroatoms. The Morgan fingerprint density at radius 1 is 0.571 bits per heavy atom. The van der Waals surface area contributed by atoms with Crippen LogP contribution in [0.15, 0.2) is 30.3 Å². The Morgan fingerprint density at radius 3 is 1.79 bits per heavy atom. The molecule has 0 radical (unpaired) electrons. The standard InChI is InChI=1S/C24H26F4/c25-20-11-10-18(12-21(20)26)24-22(27)13-19(14-23(24)28)17-8-6-16(7-9-17)15-4-2-1-3-5-15/h10-17H,1-9H2. The molecule has 2 aliphatic carbocycles. The highest BCUT2D eigenvalue weighted by Crippen LogP contribution is 2.43. The van der Waals surface area contributed by atoms with Crippen LogP contribution in [0, 0.1) is 35.1 Å². The van der Waals surface area contributed by atoms with E-state index in [0.29, 0.717) is 5.56 Å². The lowest BCUT2D eigenvalue weighted by molar-refractivity contribution is 0.186. The molecule has 2 fully saturated rings. The van der Waals surface area contributed by atoms with E-state index < -0.39 is 23.3 Å². The Hall–Kier alpha value is -1.84. The third kappa shape index (κ3) is 3.97. The maximum absolute atomic E-state index is 14.7. The van der Waals surface area contributed by atoms with Gasteiger partial charge in [-0.2, -0.15) is 0 Å². The topological polar surface area (TPSA) is 0 Å². The van der Waals surface area contributed by atoms with Crippen LogP contribution in [0.25, 0.3) is 11.1 Å². The smallest absolute Gasteiger partial charge is 0.159 e. The molecule has 0 bridgehead atoms. The highest BCUT2D eigenvalue weighted by atomic mass is 19.2. The molecule has 2 saturated carbocycles. The van der Waals surface area contributed by atoms with Gasteiger partial charge in [-0.25, -0.2) is 17.6 Å². The van der Waals surface area contributed by atoms with Gasteiger partial charge in [0.1, 0.15) is 11.6 Å². The first-order valence-corrected chi connectivity index (χ1v) is 10.5. The Labute approximate surface area is 164 Å². The van der Waals surface area contributed by atoms with Gasteiger partial charge in [-0.3, -0.25) is 0 Å². The van der Waals surface area contributed by atoms with Gasteiger partial charge in [-0.05, 0) is 78.8 Å². The van der Waals surface area contributed by atoms with E-state index in [1.54, 1.807) is 0 Å². The van der Waals surface area contributed by atoms with Crippen LogP contribution in [0.1, 0.15) is 69.3 Å². The number of benzene rings is 2. The van der Waals surface area contributed by atoms with E-state index in [-0.39, 0.29) is 17.0 Å². The summed E-state index contributed by atoms with van der Waals surface area (Å²) in [5, 5.41) is 0. The summed E-state index contributed by atoms with van der Waals surface area (Å²) in [6.07, 6.45) is 10.9. The molecule has 0 atom stereocenters. The fraction of sp³-hybridized carbons (Fsp3) is 0.500. The number of halogens is 4. The van der Waals surface area contributed by atoms with Gasteiger partial charge >= 0.3 is 0 Å². The van der Waals surface area contributed by atoms with Crippen LogP contribution in [-0.4, -0.2) is 0 Å². The number of hydrogen-bond acceptors (Lipinski definition) is 0. The Balaban J connectivity index is 1.50. The maximum Gasteiger partial charge on any atom is 0.159 e. The minimum Gasteiger partial charge on any atom is -0.206 e. The third-order valence-electron chi connectivity index (χ3n) is 6.83. The van der Waals surface area contributed by atoms with E-state index in [1.165, 1.54) is 50.3 Å². The van der Waals surface area contributed by atoms with Gasteiger partial charge in [0.25, 0.3) is 0 Å². The summed E-state index contributed by atoms with van der Waals surface area (Å²) in [6.45, 7) is 0.